The van der Waals surface area contributed by atoms with Gasteiger partial charge in [0.25, 0.3) is 5.91 Å². The van der Waals surface area contributed by atoms with E-state index < -0.39 is 29.3 Å². The molecule has 1 aliphatic heterocycles. The summed E-state index contributed by atoms with van der Waals surface area (Å²) < 4.78 is 14.3. The summed E-state index contributed by atoms with van der Waals surface area (Å²) in [5, 5.41) is 10.1. The summed E-state index contributed by atoms with van der Waals surface area (Å²) in [6.45, 7) is 1.24. The molecule has 23 heavy (non-hydrogen) atoms. The molecule has 1 aromatic carbocycles. The topological polar surface area (TPSA) is 70.5 Å². The van der Waals surface area contributed by atoms with Crippen molar-refractivity contribution in [3.05, 3.63) is 71.5 Å². The number of amides is 1. The Kier molecular flexibility index (Phi) is 3.65. The fourth-order valence-corrected chi connectivity index (χ4v) is 2.72. The Morgan fingerprint density at radius 3 is 2.61 bits per heavy atom. The molecule has 116 valence electrons. The van der Waals surface area contributed by atoms with Gasteiger partial charge in [0, 0.05) is 11.8 Å². The summed E-state index contributed by atoms with van der Waals surface area (Å²) in [5.41, 5.74) is 0.386. The zero-order valence-corrected chi connectivity index (χ0v) is 12.2. The van der Waals surface area contributed by atoms with E-state index in [0.717, 1.165) is 0 Å². The van der Waals surface area contributed by atoms with E-state index >= 15 is 0 Å². The molecule has 3 rings (SSSR count). The number of hydrogen-bond acceptors (Lipinski definition) is 4. The lowest BCUT2D eigenvalue weighted by Gasteiger charge is -2.26. The smallest absolute Gasteiger partial charge is 0.294 e. The summed E-state index contributed by atoms with van der Waals surface area (Å²) in [6, 6.07) is 8.05. The Labute approximate surface area is 131 Å². The molecule has 1 aromatic heterocycles. The van der Waals surface area contributed by atoms with Crippen molar-refractivity contribution in [2.75, 3.05) is 4.90 Å². The maximum absolute atomic E-state index is 14.3. The van der Waals surface area contributed by atoms with Crippen LogP contribution in [-0.4, -0.2) is 21.8 Å². The van der Waals surface area contributed by atoms with Gasteiger partial charge < -0.3 is 5.11 Å². The summed E-state index contributed by atoms with van der Waals surface area (Å²) in [6.07, 6.45) is 2.95. The predicted molar refractivity (Wildman–Crippen MR) is 81.2 cm³/mol. The van der Waals surface area contributed by atoms with Crippen LogP contribution in [0.5, 0.6) is 0 Å². The minimum atomic E-state index is -1.02. The molecule has 1 aliphatic rings. The van der Waals surface area contributed by atoms with E-state index in [1.165, 1.54) is 42.4 Å². The Balaban J connectivity index is 2.22. The first-order chi connectivity index (χ1) is 11.0. The lowest BCUT2D eigenvalue weighted by Crippen LogP contribution is -2.31. The Hall–Kier alpha value is -3.02. The summed E-state index contributed by atoms with van der Waals surface area (Å²) in [4.78, 5) is 29.5. The number of nitrogens with zero attached hydrogens (tertiary/aromatic N) is 2. The van der Waals surface area contributed by atoms with E-state index in [0.29, 0.717) is 5.69 Å². The lowest BCUT2D eigenvalue weighted by molar-refractivity contribution is -0.117. The van der Waals surface area contributed by atoms with Crippen molar-refractivity contribution < 1.29 is 19.1 Å². The first kappa shape index (κ1) is 14.9. The second-order valence-corrected chi connectivity index (χ2v) is 5.13. The number of pyridine rings is 1. The largest absolute Gasteiger partial charge is 0.503 e. The van der Waals surface area contributed by atoms with Crippen molar-refractivity contribution >= 4 is 17.4 Å². The molecule has 1 atom stereocenters. The van der Waals surface area contributed by atoms with Crippen molar-refractivity contribution in [3.8, 4) is 0 Å². The minimum absolute atomic E-state index is 0.121. The van der Waals surface area contributed by atoms with Gasteiger partial charge in [0.2, 0.25) is 0 Å². The first-order valence-electron chi connectivity index (χ1n) is 6.94. The molecule has 5 nitrogen and oxygen atoms in total. The van der Waals surface area contributed by atoms with Crippen LogP contribution in [0.15, 0.2) is 60.1 Å². The van der Waals surface area contributed by atoms with Gasteiger partial charge in [-0.2, -0.15) is 0 Å². The third kappa shape index (κ3) is 2.38. The molecule has 0 saturated heterocycles. The van der Waals surface area contributed by atoms with Gasteiger partial charge in [-0.3, -0.25) is 19.5 Å². The maximum Gasteiger partial charge on any atom is 0.294 e. The normalized spacial score (nSPS) is 17.7. The Morgan fingerprint density at radius 2 is 2.00 bits per heavy atom. The van der Waals surface area contributed by atoms with Gasteiger partial charge in [0.15, 0.2) is 11.5 Å². The SMILES string of the molecule is CC(=O)C1=C(O)C(=O)N(c2cccnc2)C1c1ccccc1F. The molecule has 2 aromatic rings. The molecule has 0 bridgehead atoms. The maximum atomic E-state index is 14.3. The fraction of sp³-hybridized carbons (Fsp3) is 0.118. The summed E-state index contributed by atoms with van der Waals surface area (Å²) in [5.74, 6) is -2.46. The van der Waals surface area contributed by atoms with Crippen LogP contribution in [-0.2, 0) is 9.59 Å². The number of aliphatic hydroxyl groups excluding tert-OH is 1. The standard InChI is InChI=1S/C17H13FN2O3/c1-10(21)14-15(12-6-2-3-7-13(12)18)20(17(23)16(14)22)11-5-4-8-19-9-11/h2-9,15,22H,1H3. The Bertz CT molecular complexity index is 818. The van der Waals surface area contributed by atoms with E-state index in [-0.39, 0.29) is 11.1 Å². The van der Waals surface area contributed by atoms with Crippen LogP contribution < -0.4 is 4.90 Å². The monoisotopic (exact) mass is 312 g/mol. The zero-order valence-electron chi connectivity index (χ0n) is 12.2. The van der Waals surface area contributed by atoms with Crippen LogP contribution in [0.3, 0.4) is 0 Å². The van der Waals surface area contributed by atoms with Gasteiger partial charge in [0.05, 0.1) is 23.5 Å². The molecule has 2 heterocycles. The van der Waals surface area contributed by atoms with Crippen molar-refractivity contribution in [1.29, 1.82) is 0 Å². The van der Waals surface area contributed by atoms with Crippen molar-refractivity contribution in [3.63, 3.8) is 0 Å². The molecule has 0 spiro atoms. The van der Waals surface area contributed by atoms with Gasteiger partial charge in [-0.25, -0.2) is 4.39 Å². The molecule has 6 heteroatoms. The number of aromatic nitrogens is 1. The third-order valence-corrected chi connectivity index (χ3v) is 3.71. The van der Waals surface area contributed by atoms with Crippen LogP contribution in [0.1, 0.15) is 18.5 Å². The van der Waals surface area contributed by atoms with Gasteiger partial charge in [-0.1, -0.05) is 18.2 Å². The van der Waals surface area contributed by atoms with E-state index in [4.69, 9.17) is 0 Å². The minimum Gasteiger partial charge on any atom is -0.503 e. The molecule has 0 fully saturated rings. The van der Waals surface area contributed by atoms with Gasteiger partial charge in [0.1, 0.15) is 5.82 Å². The number of carbonyl (C=O) groups is 2. The summed E-state index contributed by atoms with van der Waals surface area (Å²) >= 11 is 0. The van der Waals surface area contributed by atoms with Crippen LogP contribution in [0, 0.1) is 5.82 Å². The highest BCUT2D eigenvalue weighted by Gasteiger charge is 2.44. The number of anilines is 1. The number of rotatable bonds is 3. The van der Waals surface area contributed by atoms with Crippen LogP contribution in [0.4, 0.5) is 10.1 Å². The lowest BCUT2D eigenvalue weighted by atomic mass is 9.96. The van der Waals surface area contributed by atoms with Gasteiger partial charge >= 0.3 is 0 Å². The molecular weight excluding hydrogens is 299 g/mol. The number of benzene rings is 1. The summed E-state index contributed by atoms with van der Waals surface area (Å²) in [7, 11) is 0. The average molecular weight is 312 g/mol. The number of ketones is 1. The molecule has 0 saturated carbocycles. The van der Waals surface area contributed by atoms with E-state index in [1.807, 2.05) is 0 Å². The fourth-order valence-electron chi connectivity index (χ4n) is 2.72. The number of hydrogen-bond donors (Lipinski definition) is 1. The molecule has 1 amide bonds. The van der Waals surface area contributed by atoms with Crippen molar-refractivity contribution in [2.24, 2.45) is 0 Å². The van der Waals surface area contributed by atoms with Gasteiger partial charge in [-0.15, -0.1) is 0 Å². The van der Waals surface area contributed by atoms with Crippen LogP contribution in [0.2, 0.25) is 0 Å². The van der Waals surface area contributed by atoms with Crippen molar-refractivity contribution in [1.82, 2.24) is 4.98 Å². The number of carbonyl (C=O) groups excluding carboxylic acids is 2. The molecule has 0 radical (unpaired) electrons. The average Bonchev–Trinajstić information content (AvgIpc) is 2.80. The van der Waals surface area contributed by atoms with Crippen LogP contribution in [0.25, 0.3) is 0 Å². The zero-order chi connectivity index (χ0) is 16.6. The molecule has 0 aliphatic carbocycles. The van der Waals surface area contributed by atoms with Crippen molar-refractivity contribution in [2.45, 2.75) is 13.0 Å². The second kappa shape index (κ2) is 5.64. The van der Waals surface area contributed by atoms with Gasteiger partial charge in [-0.05, 0) is 25.1 Å². The molecule has 1 unspecified atom stereocenters. The molecular formula is C17H13FN2O3. The Morgan fingerprint density at radius 1 is 1.26 bits per heavy atom. The van der Waals surface area contributed by atoms with E-state index in [2.05, 4.69) is 4.98 Å². The molecule has 1 N–H and O–H groups in total. The van der Waals surface area contributed by atoms with E-state index in [1.54, 1.807) is 18.2 Å². The van der Waals surface area contributed by atoms with Crippen LogP contribution >= 0.6 is 0 Å². The number of Topliss-reactive ketones (excluding diaryl/α,β-unsaturated/α-hetero) is 1. The van der Waals surface area contributed by atoms with E-state index in [9.17, 15) is 19.1 Å². The highest BCUT2D eigenvalue weighted by Crippen LogP contribution is 2.41. The number of aliphatic hydroxyl groups is 1. The number of halogens is 1. The second-order valence-electron chi connectivity index (χ2n) is 5.13. The first-order valence-corrected chi connectivity index (χ1v) is 6.94. The highest BCUT2D eigenvalue weighted by atomic mass is 19.1. The quantitative estimate of drug-likeness (QED) is 0.946. The predicted octanol–water partition coefficient (Wildman–Crippen LogP) is 2.71. The highest BCUT2D eigenvalue weighted by molar-refractivity contribution is 6.16. The third-order valence-electron chi connectivity index (χ3n) is 3.71.